The maximum atomic E-state index is 13.4. The third kappa shape index (κ3) is 3.41. The van der Waals surface area contributed by atoms with Crippen LogP contribution in [0.1, 0.15) is 29.8 Å². The number of benzene rings is 1. The van der Waals surface area contributed by atoms with Crippen molar-refractivity contribution in [3.8, 4) is 0 Å². The summed E-state index contributed by atoms with van der Waals surface area (Å²) in [5, 5.41) is 7.05. The maximum Gasteiger partial charge on any atom is 0.416 e. The monoisotopic (exact) mass is 301 g/mol. The number of halogens is 4. The van der Waals surface area contributed by atoms with Crippen LogP contribution in [-0.2, 0) is 13.2 Å². The van der Waals surface area contributed by atoms with Crippen LogP contribution in [-0.4, -0.2) is 16.3 Å². The van der Waals surface area contributed by atoms with Gasteiger partial charge in [0.25, 0.3) is 0 Å². The lowest BCUT2D eigenvalue weighted by Gasteiger charge is -2.21. The van der Waals surface area contributed by atoms with E-state index in [1.54, 1.807) is 26.2 Å². The zero-order valence-corrected chi connectivity index (χ0v) is 11.6. The summed E-state index contributed by atoms with van der Waals surface area (Å²) < 4.78 is 54.3. The van der Waals surface area contributed by atoms with E-state index in [-0.39, 0.29) is 5.56 Å². The second-order valence-corrected chi connectivity index (χ2v) is 4.63. The fourth-order valence-corrected chi connectivity index (χ4v) is 2.20. The molecule has 21 heavy (non-hydrogen) atoms. The van der Waals surface area contributed by atoms with Gasteiger partial charge >= 0.3 is 6.18 Å². The molecular formula is C14H15F4N3. The highest BCUT2D eigenvalue weighted by Crippen LogP contribution is 2.36. The Labute approximate surface area is 119 Å². The fraction of sp³-hybridized carbons (Fsp3) is 0.357. The molecule has 0 aliphatic carbocycles. The van der Waals surface area contributed by atoms with E-state index >= 15 is 0 Å². The summed E-state index contributed by atoms with van der Waals surface area (Å²) in [7, 11) is 1.67. The summed E-state index contributed by atoms with van der Waals surface area (Å²) in [5.74, 6) is -0.711. The molecule has 0 amide bonds. The number of rotatable bonds is 4. The molecule has 1 N–H and O–H groups in total. The quantitative estimate of drug-likeness (QED) is 0.878. The van der Waals surface area contributed by atoms with Crippen molar-refractivity contribution in [3.63, 3.8) is 0 Å². The van der Waals surface area contributed by atoms with Crippen LogP contribution >= 0.6 is 0 Å². The van der Waals surface area contributed by atoms with Crippen LogP contribution in [0.15, 0.2) is 30.5 Å². The highest BCUT2D eigenvalue weighted by molar-refractivity contribution is 5.37. The number of aromatic nitrogens is 2. The predicted octanol–water partition coefficient (Wildman–Crippen LogP) is 3.28. The molecular weight excluding hydrogens is 286 g/mol. The first-order valence-electron chi connectivity index (χ1n) is 6.42. The summed E-state index contributed by atoms with van der Waals surface area (Å²) in [4.78, 5) is 0. The van der Waals surface area contributed by atoms with Crippen LogP contribution in [0.4, 0.5) is 17.6 Å². The Morgan fingerprint density at radius 2 is 2.00 bits per heavy atom. The lowest BCUT2D eigenvalue weighted by molar-refractivity contribution is -0.138. The third-order valence-corrected chi connectivity index (χ3v) is 3.07. The molecule has 0 fully saturated rings. The average molecular weight is 301 g/mol. The molecule has 2 aromatic rings. The largest absolute Gasteiger partial charge is 0.416 e. The summed E-state index contributed by atoms with van der Waals surface area (Å²) in [6.45, 7) is 2.19. The fourth-order valence-electron chi connectivity index (χ4n) is 2.20. The number of hydrogen-bond acceptors (Lipinski definition) is 2. The number of hydrogen-bond donors (Lipinski definition) is 1. The second kappa shape index (κ2) is 5.85. The van der Waals surface area contributed by atoms with Crippen LogP contribution in [0.2, 0.25) is 0 Å². The van der Waals surface area contributed by atoms with Gasteiger partial charge in [-0.3, -0.25) is 4.68 Å². The predicted molar refractivity (Wildman–Crippen MR) is 70.1 cm³/mol. The molecule has 0 saturated carbocycles. The van der Waals surface area contributed by atoms with E-state index in [0.29, 0.717) is 12.2 Å². The lowest BCUT2D eigenvalue weighted by atomic mass is 9.97. The number of nitrogens with one attached hydrogen (secondary N) is 1. The van der Waals surface area contributed by atoms with Gasteiger partial charge in [-0.15, -0.1) is 0 Å². The summed E-state index contributed by atoms with van der Waals surface area (Å²) in [5.41, 5.74) is -0.612. The minimum atomic E-state index is -4.55. The molecule has 3 nitrogen and oxygen atoms in total. The van der Waals surface area contributed by atoms with Crippen LogP contribution in [0.5, 0.6) is 0 Å². The molecule has 1 aromatic heterocycles. The number of aryl methyl sites for hydroxylation is 1. The third-order valence-electron chi connectivity index (χ3n) is 3.07. The van der Waals surface area contributed by atoms with Crippen molar-refractivity contribution >= 4 is 0 Å². The average Bonchev–Trinajstić information content (AvgIpc) is 2.80. The highest BCUT2D eigenvalue weighted by atomic mass is 19.4. The Hall–Kier alpha value is -1.89. The molecule has 0 aliphatic heterocycles. The van der Waals surface area contributed by atoms with Gasteiger partial charge in [0, 0.05) is 13.2 Å². The Morgan fingerprint density at radius 3 is 2.52 bits per heavy atom. The first-order valence-corrected chi connectivity index (χ1v) is 6.42. The SMILES string of the molecule is CCNC(c1ccn(C)n1)c1cc(F)ccc1C(F)(F)F. The van der Waals surface area contributed by atoms with Gasteiger partial charge in [0.2, 0.25) is 0 Å². The van der Waals surface area contributed by atoms with Gasteiger partial charge in [0.05, 0.1) is 17.3 Å². The van der Waals surface area contributed by atoms with E-state index in [1.165, 1.54) is 4.68 Å². The summed E-state index contributed by atoms with van der Waals surface area (Å²) >= 11 is 0. The van der Waals surface area contributed by atoms with Gasteiger partial charge in [-0.2, -0.15) is 18.3 Å². The van der Waals surface area contributed by atoms with Gasteiger partial charge in [-0.05, 0) is 36.4 Å². The molecule has 0 spiro atoms. The molecule has 0 radical (unpaired) electrons. The van der Waals surface area contributed by atoms with Crippen molar-refractivity contribution in [1.82, 2.24) is 15.1 Å². The molecule has 0 aliphatic rings. The zero-order valence-electron chi connectivity index (χ0n) is 11.6. The van der Waals surface area contributed by atoms with Crippen LogP contribution in [0.25, 0.3) is 0 Å². The maximum absolute atomic E-state index is 13.4. The van der Waals surface area contributed by atoms with Gasteiger partial charge in [0.15, 0.2) is 0 Å². The smallest absolute Gasteiger partial charge is 0.305 e. The molecule has 7 heteroatoms. The molecule has 0 saturated heterocycles. The van der Waals surface area contributed by atoms with Crippen molar-refractivity contribution < 1.29 is 17.6 Å². The van der Waals surface area contributed by atoms with Crippen LogP contribution < -0.4 is 5.32 Å². The van der Waals surface area contributed by atoms with E-state index < -0.39 is 23.6 Å². The lowest BCUT2D eigenvalue weighted by Crippen LogP contribution is -2.25. The number of alkyl halides is 3. The van der Waals surface area contributed by atoms with Crippen molar-refractivity contribution in [2.75, 3.05) is 6.54 Å². The summed E-state index contributed by atoms with van der Waals surface area (Å²) in [6, 6.07) is 3.28. The van der Waals surface area contributed by atoms with Crippen molar-refractivity contribution in [2.24, 2.45) is 7.05 Å². The van der Waals surface area contributed by atoms with Crippen molar-refractivity contribution in [3.05, 3.63) is 53.1 Å². The molecule has 1 heterocycles. The van der Waals surface area contributed by atoms with E-state index in [2.05, 4.69) is 10.4 Å². The first kappa shape index (κ1) is 15.5. The molecule has 0 bridgehead atoms. The van der Waals surface area contributed by atoms with Crippen LogP contribution in [0, 0.1) is 5.82 Å². The van der Waals surface area contributed by atoms with E-state index in [1.807, 2.05) is 0 Å². The molecule has 1 aromatic carbocycles. The van der Waals surface area contributed by atoms with Gasteiger partial charge < -0.3 is 5.32 Å². The minimum Gasteiger partial charge on any atom is -0.305 e. The Bertz CT molecular complexity index is 619. The van der Waals surface area contributed by atoms with Gasteiger partial charge in [-0.25, -0.2) is 4.39 Å². The van der Waals surface area contributed by atoms with E-state index in [0.717, 1.165) is 18.2 Å². The van der Waals surface area contributed by atoms with E-state index in [9.17, 15) is 17.6 Å². The van der Waals surface area contributed by atoms with E-state index in [4.69, 9.17) is 0 Å². The standard InChI is InChI=1S/C14H15F4N3/c1-3-19-13(12-6-7-21(2)20-12)10-8-9(15)4-5-11(10)14(16,17)18/h4-8,13,19H,3H2,1-2H3. The minimum absolute atomic E-state index is 0.164. The zero-order chi connectivity index (χ0) is 15.6. The highest BCUT2D eigenvalue weighted by Gasteiger charge is 2.36. The van der Waals surface area contributed by atoms with Gasteiger partial charge in [-0.1, -0.05) is 6.92 Å². The molecule has 114 valence electrons. The number of nitrogens with zero attached hydrogens (tertiary/aromatic N) is 2. The first-order chi connectivity index (χ1) is 9.82. The van der Waals surface area contributed by atoms with Gasteiger partial charge in [0.1, 0.15) is 5.82 Å². The molecule has 2 rings (SSSR count). The van der Waals surface area contributed by atoms with Crippen molar-refractivity contribution in [1.29, 1.82) is 0 Å². The topological polar surface area (TPSA) is 29.9 Å². The summed E-state index contributed by atoms with van der Waals surface area (Å²) in [6.07, 6.45) is -2.92. The van der Waals surface area contributed by atoms with Crippen LogP contribution in [0.3, 0.4) is 0 Å². The van der Waals surface area contributed by atoms with Crippen molar-refractivity contribution in [2.45, 2.75) is 19.1 Å². The second-order valence-electron chi connectivity index (χ2n) is 4.63. The normalized spacial score (nSPS) is 13.4. The Morgan fingerprint density at radius 1 is 1.29 bits per heavy atom. The Kier molecular flexibility index (Phi) is 4.32. The molecule has 1 atom stereocenters. The Balaban J connectivity index is 2.56. The molecule has 1 unspecified atom stereocenters.